The van der Waals surface area contributed by atoms with Crippen molar-refractivity contribution in [1.29, 1.82) is 0 Å². The monoisotopic (exact) mass is 444 g/mol. The van der Waals surface area contributed by atoms with Gasteiger partial charge in [0.05, 0.1) is 25.3 Å². The van der Waals surface area contributed by atoms with E-state index in [9.17, 15) is 4.79 Å². The summed E-state index contributed by atoms with van der Waals surface area (Å²) in [5.41, 5.74) is 2.36. The van der Waals surface area contributed by atoms with Gasteiger partial charge in [-0.25, -0.2) is 4.68 Å². The summed E-state index contributed by atoms with van der Waals surface area (Å²) in [6.07, 6.45) is 2.98. The zero-order valence-electron chi connectivity index (χ0n) is 18.3. The van der Waals surface area contributed by atoms with Gasteiger partial charge in [-0.1, -0.05) is 52.8 Å². The number of benzene rings is 2. The molecule has 0 spiro atoms. The number of amides is 1. The molecule has 1 atom stereocenters. The lowest BCUT2D eigenvalue weighted by atomic mass is 10.1. The molecule has 1 aliphatic heterocycles. The number of hydrogen-bond donors (Lipinski definition) is 0. The van der Waals surface area contributed by atoms with E-state index in [0.717, 1.165) is 23.3 Å². The first-order valence-corrected chi connectivity index (χ1v) is 11.0. The molecule has 0 radical (unpaired) electrons. The third-order valence-electron chi connectivity index (χ3n) is 5.67. The summed E-state index contributed by atoms with van der Waals surface area (Å²) >= 11 is 0. The minimum Gasteiger partial charge on any atom is -0.494 e. The second kappa shape index (κ2) is 9.23. The standard InChI is InChI=1S/C24H24N6O3/c1-2-32-20-10-8-17(9-11-20)14-22(31)29-13-12-19(15-29)30-16-21(26-28-30)24-25-23(27-33-24)18-6-4-3-5-7-18/h3-11,16,19H,2,12-15H2,1H3/t19-/m1/s1. The minimum absolute atomic E-state index is 0.0621. The van der Waals surface area contributed by atoms with E-state index < -0.39 is 0 Å². The van der Waals surface area contributed by atoms with Crippen LogP contribution in [0.25, 0.3) is 23.0 Å². The van der Waals surface area contributed by atoms with Gasteiger partial charge in [0.2, 0.25) is 11.7 Å². The number of rotatable bonds is 7. The average Bonchev–Trinajstić information content (AvgIpc) is 3.61. The van der Waals surface area contributed by atoms with E-state index in [0.29, 0.717) is 43.5 Å². The molecule has 2 aromatic heterocycles. The molecule has 1 aliphatic rings. The van der Waals surface area contributed by atoms with E-state index in [-0.39, 0.29) is 11.9 Å². The molecule has 1 amide bonds. The van der Waals surface area contributed by atoms with Crippen molar-refractivity contribution in [2.45, 2.75) is 25.8 Å². The van der Waals surface area contributed by atoms with Gasteiger partial charge in [0, 0.05) is 18.7 Å². The van der Waals surface area contributed by atoms with Crippen LogP contribution in [-0.2, 0) is 11.2 Å². The molecule has 168 valence electrons. The molecule has 0 bridgehead atoms. The molecule has 9 heteroatoms. The smallest absolute Gasteiger partial charge is 0.280 e. The lowest BCUT2D eigenvalue weighted by Gasteiger charge is -2.16. The van der Waals surface area contributed by atoms with Crippen LogP contribution in [0.15, 0.2) is 65.3 Å². The maximum atomic E-state index is 12.8. The molecule has 0 N–H and O–H groups in total. The number of ether oxygens (including phenoxy) is 1. The molecule has 33 heavy (non-hydrogen) atoms. The summed E-state index contributed by atoms with van der Waals surface area (Å²) in [4.78, 5) is 19.1. The Hall–Kier alpha value is -4.01. The van der Waals surface area contributed by atoms with Gasteiger partial charge in [-0.05, 0) is 31.0 Å². The highest BCUT2D eigenvalue weighted by Gasteiger charge is 2.28. The lowest BCUT2D eigenvalue weighted by Crippen LogP contribution is -2.30. The van der Waals surface area contributed by atoms with Gasteiger partial charge in [-0.15, -0.1) is 5.10 Å². The molecule has 9 nitrogen and oxygen atoms in total. The number of likely N-dealkylation sites (tertiary alicyclic amines) is 1. The molecule has 0 aliphatic carbocycles. The van der Waals surface area contributed by atoms with Crippen LogP contribution in [0.5, 0.6) is 5.75 Å². The van der Waals surface area contributed by atoms with E-state index in [1.54, 1.807) is 10.9 Å². The van der Waals surface area contributed by atoms with E-state index in [1.807, 2.05) is 66.4 Å². The lowest BCUT2D eigenvalue weighted by molar-refractivity contribution is -0.129. The first-order chi connectivity index (χ1) is 16.2. The Bertz CT molecular complexity index is 1220. The van der Waals surface area contributed by atoms with Crippen molar-refractivity contribution < 1.29 is 14.1 Å². The molecule has 3 heterocycles. The fourth-order valence-electron chi connectivity index (χ4n) is 3.93. The van der Waals surface area contributed by atoms with Crippen LogP contribution in [0.2, 0.25) is 0 Å². The maximum Gasteiger partial charge on any atom is 0.280 e. The van der Waals surface area contributed by atoms with Crippen molar-refractivity contribution in [3.05, 3.63) is 66.4 Å². The quantitative estimate of drug-likeness (QED) is 0.431. The molecule has 1 fully saturated rings. The van der Waals surface area contributed by atoms with Gasteiger partial charge in [0.1, 0.15) is 5.75 Å². The number of hydrogen-bond acceptors (Lipinski definition) is 7. The predicted octanol–water partition coefficient (Wildman–Crippen LogP) is 3.41. The Balaban J connectivity index is 1.21. The zero-order valence-corrected chi connectivity index (χ0v) is 18.3. The number of carbonyl (C=O) groups excluding carboxylic acids is 1. The highest BCUT2D eigenvalue weighted by molar-refractivity contribution is 5.79. The third-order valence-corrected chi connectivity index (χ3v) is 5.67. The van der Waals surface area contributed by atoms with Crippen LogP contribution >= 0.6 is 0 Å². The highest BCUT2D eigenvalue weighted by atomic mass is 16.5. The number of aromatic nitrogens is 5. The van der Waals surface area contributed by atoms with E-state index >= 15 is 0 Å². The predicted molar refractivity (Wildman–Crippen MR) is 120 cm³/mol. The van der Waals surface area contributed by atoms with E-state index in [4.69, 9.17) is 9.26 Å². The maximum absolute atomic E-state index is 12.8. The van der Waals surface area contributed by atoms with Gasteiger partial charge in [0.25, 0.3) is 5.89 Å². The van der Waals surface area contributed by atoms with E-state index in [2.05, 4.69) is 20.5 Å². The Morgan fingerprint density at radius 3 is 2.76 bits per heavy atom. The third kappa shape index (κ3) is 4.62. The second-order valence-electron chi connectivity index (χ2n) is 7.91. The normalized spacial score (nSPS) is 15.7. The number of carbonyl (C=O) groups is 1. The Morgan fingerprint density at radius 1 is 1.15 bits per heavy atom. The van der Waals surface area contributed by atoms with E-state index in [1.165, 1.54) is 0 Å². The van der Waals surface area contributed by atoms with Gasteiger partial charge in [0.15, 0.2) is 5.69 Å². The molecule has 5 rings (SSSR count). The summed E-state index contributed by atoms with van der Waals surface area (Å²) in [5.74, 6) is 1.74. The van der Waals surface area contributed by atoms with Crippen LogP contribution < -0.4 is 4.74 Å². The van der Waals surface area contributed by atoms with Crippen LogP contribution in [0.1, 0.15) is 24.9 Å². The molecule has 0 saturated carbocycles. The van der Waals surface area contributed by atoms with Crippen molar-refractivity contribution in [1.82, 2.24) is 30.0 Å². The first-order valence-electron chi connectivity index (χ1n) is 11.0. The summed E-state index contributed by atoms with van der Waals surface area (Å²) in [5, 5.41) is 12.5. The summed E-state index contributed by atoms with van der Waals surface area (Å²) in [6, 6.07) is 17.4. The van der Waals surface area contributed by atoms with Gasteiger partial charge < -0.3 is 14.2 Å². The van der Waals surface area contributed by atoms with Gasteiger partial charge in [-0.3, -0.25) is 4.79 Å². The summed E-state index contributed by atoms with van der Waals surface area (Å²) in [6.45, 7) is 3.85. The Kier molecular flexibility index (Phi) is 5.84. The molecular weight excluding hydrogens is 420 g/mol. The Morgan fingerprint density at radius 2 is 1.97 bits per heavy atom. The van der Waals surface area contributed by atoms with Crippen molar-refractivity contribution in [2.75, 3.05) is 19.7 Å². The van der Waals surface area contributed by atoms with Gasteiger partial charge >= 0.3 is 0 Å². The first kappa shape index (κ1) is 20.9. The number of nitrogens with zero attached hydrogens (tertiary/aromatic N) is 6. The molecule has 4 aromatic rings. The van der Waals surface area contributed by atoms with Crippen molar-refractivity contribution in [2.24, 2.45) is 0 Å². The summed E-state index contributed by atoms with van der Waals surface area (Å²) in [7, 11) is 0. The van der Waals surface area contributed by atoms with Crippen LogP contribution in [-0.4, -0.2) is 55.6 Å². The minimum atomic E-state index is 0.0621. The topological polar surface area (TPSA) is 99.2 Å². The second-order valence-corrected chi connectivity index (χ2v) is 7.91. The average molecular weight is 444 g/mol. The van der Waals surface area contributed by atoms with Crippen LogP contribution in [0.4, 0.5) is 0 Å². The zero-order chi connectivity index (χ0) is 22.6. The van der Waals surface area contributed by atoms with Crippen molar-refractivity contribution >= 4 is 5.91 Å². The largest absolute Gasteiger partial charge is 0.494 e. The molecule has 2 aromatic carbocycles. The van der Waals surface area contributed by atoms with Crippen molar-refractivity contribution in [3.8, 4) is 28.7 Å². The highest BCUT2D eigenvalue weighted by Crippen LogP contribution is 2.25. The Labute approximate surface area is 191 Å². The molecule has 0 unspecified atom stereocenters. The van der Waals surface area contributed by atoms with Crippen LogP contribution in [0.3, 0.4) is 0 Å². The fraction of sp³-hybridized carbons (Fsp3) is 0.292. The summed E-state index contributed by atoms with van der Waals surface area (Å²) < 4.78 is 12.6. The van der Waals surface area contributed by atoms with Crippen LogP contribution in [0, 0.1) is 0 Å². The fourth-order valence-corrected chi connectivity index (χ4v) is 3.93. The van der Waals surface area contributed by atoms with Crippen molar-refractivity contribution in [3.63, 3.8) is 0 Å². The SMILES string of the molecule is CCOc1ccc(CC(=O)N2CC[C@@H](n3cc(-c4nc(-c5ccccc5)no4)nn3)C2)cc1. The molecular formula is C24H24N6O3. The van der Waals surface area contributed by atoms with Gasteiger partial charge in [-0.2, -0.15) is 4.98 Å². The molecule has 1 saturated heterocycles.